The Hall–Kier alpha value is -1.20. The lowest BCUT2D eigenvalue weighted by Gasteiger charge is -2.05. The average Bonchev–Trinajstić information content (AvgIpc) is 2.69. The smallest absolute Gasteiger partial charge is 0.134 e. The third kappa shape index (κ3) is 2.43. The molecule has 2 aromatic heterocycles. The molecule has 0 bridgehead atoms. The quantitative estimate of drug-likeness (QED) is 0.919. The first-order valence-corrected chi connectivity index (χ1v) is 5.30. The van der Waals surface area contributed by atoms with E-state index in [0.29, 0.717) is 12.4 Å². The number of hydrogen-bond acceptors (Lipinski definition) is 3. The minimum absolute atomic E-state index is 0.0521. The van der Waals surface area contributed by atoms with Crippen molar-refractivity contribution in [3.05, 3.63) is 46.7 Å². The molecule has 0 amide bonds. The highest BCUT2D eigenvalue weighted by atomic mass is 79.9. The molecule has 0 atom stereocenters. The van der Waals surface area contributed by atoms with E-state index in [1.165, 1.54) is 0 Å². The summed E-state index contributed by atoms with van der Waals surface area (Å²) in [5.41, 5.74) is 0.936. The lowest BCUT2D eigenvalue weighted by molar-refractivity contribution is 0.266. The summed E-state index contributed by atoms with van der Waals surface area (Å²) >= 11 is 3.33. The summed E-state index contributed by atoms with van der Waals surface area (Å²) in [5.74, 6) is 0.653. The van der Waals surface area contributed by atoms with E-state index in [1.807, 2.05) is 22.9 Å². The zero-order valence-electron chi connectivity index (χ0n) is 7.97. The molecule has 0 aliphatic carbocycles. The molecule has 0 spiro atoms. The third-order valence-electron chi connectivity index (χ3n) is 2.06. The second kappa shape index (κ2) is 4.55. The van der Waals surface area contributed by atoms with Crippen molar-refractivity contribution in [2.75, 3.05) is 0 Å². The van der Waals surface area contributed by atoms with Crippen LogP contribution in [-0.4, -0.2) is 19.6 Å². The van der Waals surface area contributed by atoms with Crippen molar-refractivity contribution in [2.45, 2.75) is 13.2 Å². The molecule has 1 N–H and O–H groups in total. The summed E-state index contributed by atoms with van der Waals surface area (Å²) in [6, 6.07) is 3.88. The monoisotopic (exact) mass is 267 g/mol. The molecule has 0 aliphatic heterocycles. The lowest BCUT2D eigenvalue weighted by atomic mass is 10.3. The van der Waals surface area contributed by atoms with Crippen LogP contribution in [0.5, 0.6) is 0 Å². The molecule has 2 heterocycles. The van der Waals surface area contributed by atoms with Crippen LogP contribution < -0.4 is 0 Å². The van der Waals surface area contributed by atoms with Gasteiger partial charge in [0.15, 0.2) is 0 Å². The molecule has 0 aliphatic rings. The van der Waals surface area contributed by atoms with Crippen molar-refractivity contribution in [1.29, 1.82) is 0 Å². The van der Waals surface area contributed by atoms with E-state index in [1.54, 1.807) is 12.4 Å². The van der Waals surface area contributed by atoms with Gasteiger partial charge in [0, 0.05) is 23.1 Å². The van der Waals surface area contributed by atoms with Crippen LogP contribution >= 0.6 is 15.9 Å². The van der Waals surface area contributed by atoms with Gasteiger partial charge in [-0.2, -0.15) is 0 Å². The van der Waals surface area contributed by atoms with Gasteiger partial charge in [0.1, 0.15) is 12.4 Å². The molecule has 0 aromatic carbocycles. The molecule has 2 rings (SSSR count). The molecule has 0 unspecified atom stereocenters. The summed E-state index contributed by atoms with van der Waals surface area (Å²) < 4.78 is 2.83. The fourth-order valence-corrected chi connectivity index (χ4v) is 1.54. The van der Waals surface area contributed by atoms with Crippen LogP contribution in [0.3, 0.4) is 0 Å². The van der Waals surface area contributed by atoms with Crippen molar-refractivity contribution in [3.63, 3.8) is 0 Å². The highest BCUT2D eigenvalue weighted by Gasteiger charge is 2.02. The maximum absolute atomic E-state index is 9.02. The van der Waals surface area contributed by atoms with Crippen LogP contribution in [0.2, 0.25) is 0 Å². The Morgan fingerprint density at radius 3 is 2.87 bits per heavy atom. The van der Waals surface area contributed by atoms with Crippen molar-refractivity contribution in [2.24, 2.45) is 0 Å². The number of imidazole rings is 1. The number of pyridine rings is 1. The Labute approximate surface area is 95.7 Å². The van der Waals surface area contributed by atoms with Gasteiger partial charge in [0.2, 0.25) is 0 Å². The van der Waals surface area contributed by atoms with E-state index in [2.05, 4.69) is 25.9 Å². The second-order valence-corrected chi connectivity index (χ2v) is 4.01. The van der Waals surface area contributed by atoms with Gasteiger partial charge in [-0.3, -0.25) is 4.98 Å². The predicted octanol–water partition coefficient (Wildman–Crippen LogP) is 1.58. The largest absolute Gasteiger partial charge is 0.388 e. The second-order valence-electron chi connectivity index (χ2n) is 3.10. The molecule has 0 saturated heterocycles. The van der Waals surface area contributed by atoms with Gasteiger partial charge < -0.3 is 9.67 Å². The van der Waals surface area contributed by atoms with Crippen LogP contribution in [0.15, 0.2) is 35.2 Å². The van der Waals surface area contributed by atoms with Crippen LogP contribution in [0.1, 0.15) is 11.5 Å². The Morgan fingerprint density at radius 1 is 1.33 bits per heavy atom. The standard InChI is InChI=1S/C10H10BrN3O/c11-8-1-2-9(13-5-8)6-14-4-3-12-10(14)7-15/h1-5,15H,6-7H2. The van der Waals surface area contributed by atoms with Crippen molar-refractivity contribution in [1.82, 2.24) is 14.5 Å². The first-order valence-electron chi connectivity index (χ1n) is 4.51. The Balaban J connectivity index is 2.18. The molecular weight excluding hydrogens is 258 g/mol. The molecule has 78 valence electrons. The van der Waals surface area contributed by atoms with Crippen LogP contribution in [0.4, 0.5) is 0 Å². The van der Waals surface area contributed by atoms with Gasteiger partial charge in [-0.25, -0.2) is 4.98 Å². The van der Waals surface area contributed by atoms with Gasteiger partial charge >= 0.3 is 0 Å². The lowest BCUT2D eigenvalue weighted by Crippen LogP contribution is -2.05. The fraction of sp³-hybridized carbons (Fsp3) is 0.200. The fourth-order valence-electron chi connectivity index (χ4n) is 1.31. The normalized spacial score (nSPS) is 10.5. The van der Waals surface area contributed by atoms with Crippen LogP contribution in [0.25, 0.3) is 0 Å². The Bertz CT molecular complexity index is 438. The van der Waals surface area contributed by atoms with E-state index in [0.717, 1.165) is 10.2 Å². The molecule has 0 fully saturated rings. The highest BCUT2D eigenvalue weighted by molar-refractivity contribution is 9.10. The summed E-state index contributed by atoms with van der Waals surface area (Å²) in [6.07, 6.45) is 5.25. The molecule has 15 heavy (non-hydrogen) atoms. The van der Waals surface area contributed by atoms with Gasteiger partial charge in [0.25, 0.3) is 0 Å². The predicted molar refractivity (Wildman–Crippen MR) is 59.2 cm³/mol. The van der Waals surface area contributed by atoms with Crippen molar-refractivity contribution >= 4 is 15.9 Å². The minimum Gasteiger partial charge on any atom is -0.388 e. The first-order chi connectivity index (χ1) is 7.29. The van der Waals surface area contributed by atoms with Gasteiger partial charge in [-0.05, 0) is 28.1 Å². The zero-order valence-corrected chi connectivity index (χ0v) is 9.55. The third-order valence-corrected chi connectivity index (χ3v) is 2.53. The highest BCUT2D eigenvalue weighted by Crippen LogP contribution is 2.09. The van der Waals surface area contributed by atoms with Crippen molar-refractivity contribution in [3.8, 4) is 0 Å². The summed E-state index contributed by atoms with van der Waals surface area (Å²) in [4.78, 5) is 8.28. The minimum atomic E-state index is -0.0521. The average molecular weight is 268 g/mol. The number of aromatic nitrogens is 3. The van der Waals surface area contributed by atoms with E-state index >= 15 is 0 Å². The van der Waals surface area contributed by atoms with Crippen LogP contribution in [0, 0.1) is 0 Å². The number of hydrogen-bond donors (Lipinski definition) is 1. The Morgan fingerprint density at radius 2 is 2.20 bits per heavy atom. The summed E-state index contributed by atoms with van der Waals surface area (Å²) in [6.45, 7) is 0.576. The summed E-state index contributed by atoms with van der Waals surface area (Å²) in [7, 11) is 0. The molecule has 0 radical (unpaired) electrons. The molecular formula is C10H10BrN3O. The van der Waals surface area contributed by atoms with Crippen LogP contribution in [-0.2, 0) is 13.2 Å². The maximum atomic E-state index is 9.02. The van der Waals surface area contributed by atoms with Gasteiger partial charge in [-0.15, -0.1) is 0 Å². The van der Waals surface area contributed by atoms with E-state index in [4.69, 9.17) is 5.11 Å². The topological polar surface area (TPSA) is 50.9 Å². The molecule has 0 saturated carbocycles. The zero-order chi connectivity index (χ0) is 10.7. The van der Waals surface area contributed by atoms with E-state index in [9.17, 15) is 0 Å². The van der Waals surface area contributed by atoms with Gasteiger partial charge in [0.05, 0.1) is 12.2 Å². The first kappa shape index (κ1) is 10.3. The SMILES string of the molecule is OCc1nccn1Cc1ccc(Br)cn1. The molecule has 2 aromatic rings. The number of nitrogens with zero attached hydrogens (tertiary/aromatic N) is 3. The number of aliphatic hydroxyl groups excluding tert-OH is 1. The summed E-state index contributed by atoms with van der Waals surface area (Å²) in [5, 5.41) is 9.02. The van der Waals surface area contributed by atoms with E-state index < -0.39 is 0 Å². The van der Waals surface area contributed by atoms with Gasteiger partial charge in [-0.1, -0.05) is 0 Å². The van der Waals surface area contributed by atoms with Crippen molar-refractivity contribution < 1.29 is 5.11 Å². The number of rotatable bonds is 3. The van der Waals surface area contributed by atoms with E-state index in [-0.39, 0.29) is 6.61 Å². The number of halogens is 1. The molecule has 5 heteroatoms. The Kier molecular flexibility index (Phi) is 3.13. The molecule has 4 nitrogen and oxygen atoms in total. The number of aliphatic hydroxyl groups is 1. The maximum Gasteiger partial charge on any atom is 0.134 e.